The van der Waals surface area contributed by atoms with Gasteiger partial charge in [0.25, 0.3) is 0 Å². The highest BCUT2D eigenvalue weighted by Crippen LogP contribution is 2.35. The lowest BCUT2D eigenvalue weighted by atomic mass is 9.78. The SMILES string of the molecule is CC(C)(CN)c1ccccc1.CC(C)(CNC(=O)C(F)(F)F)c1ccccc1.CC1(C)CN=C(C(F)(F)F)c2ccccc21. The van der Waals surface area contributed by atoms with Crippen molar-refractivity contribution in [2.45, 2.75) is 70.1 Å². The van der Waals surface area contributed by atoms with E-state index in [1.54, 1.807) is 32.0 Å². The summed E-state index contributed by atoms with van der Waals surface area (Å²) in [5, 5.41) is 1.90. The number of nitrogens with two attached hydrogens (primary N) is 1. The average Bonchev–Trinajstić information content (AvgIpc) is 2.96. The van der Waals surface area contributed by atoms with Crippen molar-refractivity contribution in [1.82, 2.24) is 5.32 Å². The zero-order valence-corrected chi connectivity index (χ0v) is 25.9. The first kappa shape index (κ1) is 36.5. The average molecular weight is 622 g/mol. The molecule has 0 aromatic heterocycles. The molecule has 3 N–H and O–H groups in total. The number of hydrogen-bond donors (Lipinski definition) is 2. The number of nitrogens with zero attached hydrogens (tertiary/aromatic N) is 1. The molecule has 1 aliphatic rings. The molecule has 4 rings (SSSR count). The molecule has 1 aliphatic heterocycles. The van der Waals surface area contributed by atoms with Crippen molar-refractivity contribution < 1.29 is 31.1 Å². The van der Waals surface area contributed by atoms with Crippen molar-refractivity contribution in [1.29, 1.82) is 0 Å². The summed E-state index contributed by atoms with van der Waals surface area (Å²) >= 11 is 0. The van der Waals surface area contributed by atoms with Gasteiger partial charge in [-0.3, -0.25) is 9.79 Å². The van der Waals surface area contributed by atoms with Crippen LogP contribution in [0, 0.1) is 0 Å². The van der Waals surface area contributed by atoms with Crippen molar-refractivity contribution in [3.8, 4) is 0 Å². The highest BCUT2D eigenvalue weighted by atomic mass is 19.4. The van der Waals surface area contributed by atoms with Crippen LogP contribution in [-0.4, -0.2) is 43.6 Å². The summed E-state index contributed by atoms with van der Waals surface area (Å²) in [5.41, 5.74) is 7.25. The molecule has 3 aromatic carbocycles. The van der Waals surface area contributed by atoms with Crippen molar-refractivity contribution in [3.63, 3.8) is 0 Å². The maximum atomic E-state index is 12.7. The van der Waals surface area contributed by atoms with Gasteiger partial charge in [0.15, 0.2) is 0 Å². The minimum absolute atomic E-state index is 0.0602. The van der Waals surface area contributed by atoms with Gasteiger partial charge in [0.05, 0.1) is 0 Å². The number of amides is 1. The lowest BCUT2D eigenvalue weighted by Gasteiger charge is -2.31. The van der Waals surface area contributed by atoms with Gasteiger partial charge in [-0.1, -0.05) is 126 Å². The molecule has 0 bridgehead atoms. The van der Waals surface area contributed by atoms with Gasteiger partial charge in [0.1, 0.15) is 5.71 Å². The standard InChI is InChI=1S/C12H14F3NO.C12H12F3N.C10H15N/c1-11(2,9-6-4-3-5-7-9)8-16-10(17)12(13,14)15;1-11(2)7-16-10(12(13,14)15)8-5-3-4-6-9(8)11;1-10(2,8-11)9-6-4-3-5-7-9/h3-7H,8H2,1-2H3,(H,16,17);3-6H,7H2,1-2H3;3-7H,8,11H2,1-2H3. The topological polar surface area (TPSA) is 67.5 Å². The Labute approximate surface area is 255 Å². The van der Waals surface area contributed by atoms with Gasteiger partial charge < -0.3 is 11.1 Å². The van der Waals surface area contributed by atoms with Gasteiger partial charge in [0, 0.05) is 41.4 Å². The Morgan fingerprint density at radius 3 is 1.68 bits per heavy atom. The van der Waals surface area contributed by atoms with Gasteiger partial charge in [-0.05, 0) is 16.7 Å². The number of alkyl halides is 6. The third kappa shape index (κ3) is 10.2. The van der Waals surface area contributed by atoms with Gasteiger partial charge in [-0.25, -0.2) is 0 Å². The third-order valence-electron chi connectivity index (χ3n) is 7.38. The number of rotatable bonds is 5. The molecule has 0 atom stereocenters. The van der Waals surface area contributed by atoms with E-state index in [0.717, 1.165) is 11.1 Å². The quantitative estimate of drug-likeness (QED) is 0.285. The molecule has 0 unspecified atom stereocenters. The van der Waals surface area contributed by atoms with Crippen LogP contribution >= 0.6 is 0 Å². The van der Waals surface area contributed by atoms with Crippen molar-refractivity contribution in [3.05, 3.63) is 107 Å². The molecule has 0 radical (unpaired) electrons. The van der Waals surface area contributed by atoms with Crippen LogP contribution in [0.15, 0.2) is 89.9 Å². The van der Waals surface area contributed by atoms with E-state index in [-0.39, 0.29) is 29.5 Å². The van der Waals surface area contributed by atoms with Crippen molar-refractivity contribution in [2.24, 2.45) is 10.7 Å². The van der Waals surface area contributed by atoms with Gasteiger partial charge in [-0.15, -0.1) is 0 Å². The molecule has 3 aromatic rings. The lowest BCUT2D eigenvalue weighted by Crippen LogP contribution is -2.43. The second-order valence-electron chi connectivity index (χ2n) is 12.5. The number of halogens is 6. The minimum atomic E-state index is -4.83. The van der Waals surface area contributed by atoms with E-state index in [0.29, 0.717) is 6.54 Å². The zero-order chi connectivity index (χ0) is 33.4. The summed E-state index contributed by atoms with van der Waals surface area (Å²) in [6, 6.07) is 26.0. The van der Waals surface area contributed by atoms with E-state index >= 15 is 0 Å². The second-order valence-corrected chi connectivity index (χ2v) is 12.5. The fourth-order valence-corrected chi connectivity index (χ4v) is 4.37. The molecule has 4 nitrogen and oxygen atoms in total. The number of nitrogens with one attached hydrogen (secondary N) is 1. The molecule has 1 amide bonds. The Hall–Kier alpha value is -3.66. The third-order valence-corrected chi connectivity index (χ3v) is 7.38. The van der Waals surface area contributed by atoms with Crippen molar-refractivity contribution in [2.75, 3.05) is 19.6 Å². The van der Waals surface area contributed by atoms with Gasteiger partial charge >= 0.3 is 18.3 Å². The molecule has 0 saturated carbocycles. The number of carbonyl (C=O) groups excluding carboxylic acids is 1. The maximum absolute atomic E-state index is 12.7. The van der Waals surface area contributed by atoms with Gasteiger partial charge in [-0.2, -0.15) is 26.3 Å². The van der Waals surface area contributed by atoms with Crippen LogP contribution in [0.5, 0.6) is 0 Å². The molecule has 0 spiro atoms. The monoisotopic (exact) mass is 621 g/mol. The predicted molar refractivity (Wildman–Crippen MR) is 164 cm³/mol. The van der Waals surface area contributed by atoms with E-state index < -0.39 is 29.4 Å². The van der Waals surface area contributed by atoms with Crippen LogP contribution in [0.1, 0.15) is 63.8 Å². The Morgan fingerprint density at radius 2 is 1.23 bits per heavy atom. The summed E-state index contributed by atoms with van der Waals surface area (Å²) < 4.78 is 74.3. The molecule has 240 valence electrons. The zero-order valence-electron chi connectivity index (χ0n) is 25.9. The summed E-state index contributed by atoms with van der Waals surface area (Å²) in [6.07, 6.45) is -9.20. The van der Waals surface area contributed by atoms with Crippen molar-refractivity contribution >= 4 is 11.6 Å². The molecule has 0 saturated heterocycles. The fourth-order valence-electron chi connectivity index (χ4n) is 4.37. The van der Waals surface area contributed by atoms with Crippen LogP contribution in [-0.2, 0) is 21.0 Å². The van der Waals surface area contributed by atoms with Crippen LogP contribution in [0.2, 0.25) is 0 Å². The number of carbonyl (C=O) groups is 1. The van der Waals surface area contributed by atoms with E-state index in [1.165, 1.54) is 11.6 Å². The molecule has 44 heavy (non-hydrogen) atoms. The predicted octanol–water partition coefficient (Wildman–Crippen LogP) is 7.89. The molecule has 0 fully saturated rings. The van der Waals surface area contributed by atoms with E-state index in [2.05, 4.69) is 31.0 Å². The highest BCUT2D eigenvalue weighted by molar-refractivity contribution is 6.06. The molecule has 1 heterocycles. The van der Waals surface area contributed by atoms with Gasteiger partial charge in [0.2, 0.25) is 0 Å². The summed E-state index contributed by atoms with van der Waals surface area (Å²) in [4.78, 5) is 14.4. The van der Waals surface area contributed by atoms with Crippen LogP contribution in [0.3, 0.4) is 0 Å². The number of fused-ring (bicyclic) bond motifs is 1. The molecular weight excluding hydrogens is 580 g/mol. The van der Waals surface area contributed by atoms with E-state index in [4.69, 9.17) is 5.73 Å². The Bertz CT molecular complexity index is 1380. The molecule has 10 heteroatoms. The van der Waals surface area contributed by atoms with E-state index in [1.807, 2.05) is 67.7 Å². The Balaban J connectivity index is 0.000000236. The molecule has 0 aliphatic carbocycles. The highest BCUT2D eigenvalue weighted by Gasteiger charge is 2.42. The van der Waals surface area contributed by atoms with Crippen LogP contribution < -0.4 is 11.1 Å². The summed E-state index contributed by atoms with van der Waals surface area (Å²) in [5.74, 6) is -1.90. The Morgan fingerprint density at radius 1 is 0.773 bits per heavy atom. The summed E-state index contributed by atoms with van der Waals surface area (Å²) in [6.45, 7) is 12.5. The van der Waals surface area contributed by atoms with Crippen LogP contribution in [0.4, 0.5) is 26.3 Å². The first-order valence-corrected chi connectivity index (χ1v) is 14.1. The number of hydrogen-bond acceptors (Lipinski definition) is 3. The maximum Gasteiger partial charge on any atom is 0.471 e. The first-order valence-electron chi connectivity index (χ1n) is 14.1. The number of aliphatic imine (C=N–C) groups is 1. The van der Waals surface area contributed by atoms with E-state index in [9.17, 15) is 31.1 Å². The number of benzene rings is 3. The summed E-state index contributed by atoms with van der Waals surface area (Å²) in [7, 11) is 0. The normalized spacial score (nSPS) is 14.5. The largest absolute Gasteiger partial charge is 0.471 e. The smallest absolute Gasteiger partial charge is 0.347 e. The molecular formula is C34H41F6N3O. The van der Waals surface area contributed by atoms with Crippen LogP contribution in [0.25, 0.3) is 0 Å². The minimum Gasteiger partial charge on any atom is -0.347 e. The fraction of sp³-hybridized carbons (Fsp3) is 0.412. The first-order chi connectivity index (χ1) is 20.2. The second kappa shape index (κ2) is 14.4. The Kier molecular flexibility index (Phi) is 12.0. The lowest BCUT2D eigenvalue weighted by molar-refractivity contribution is -0.173.